The number of amides is 2. The molecule has 21 heavy (non-hydrogen) atoms. The van der Waals surface area contributed by atoms with Crippen LogP contribution in [0.5, 0.6) is 0 Å². The van der Waals surface area contributed by atoms with Crippen molar-refractivity contribution in [1.29, 1.82) is 0 Å². The molecule has 1 aliphatic rings. The number of rotatable bonds is 6. The fourth-order valence-corrected chi connectivity index (χ4v) is 3.00. The molecule has 6 nitrogen and oxygen atoms in total. The van der Waals surface area contributed by atoms with Gasteiger partial charge in [0.05, 0.1) is 12.6 Å². The lowest BCUT2D eigenvalue weighted by Crippen LogP contribution is -2.40. The van der Waals surface area contributed by atoms with Crippen LogP contribution in [-0.4, -0.2) is 42.1 Å². The lowest BCUT2D eigenvalue weighted by atomic mass is 10.2. The third kappa shape index (κ3) is 4.42. The zero-order valence-corrected chi connectivity index (χ0v) is 13.4. The highest BCUT2D eigenvalue weighted by Gasteiger charge is 2.35. The van der Waals surface area contributed by atoms with Crippen molar-refractivity contribution in [2.24, 2.45) is 5.92 Å². The molecule has 116 valence electrons. The van der Waals surface area contributed by atoms with Crippen LogP contribution < -0.4 is 5.32 Å². The summed E-state index contributed by atoms with van der Waals surface area (Å²) in [6.45, 7) is 3.97. The highest BCUT2D eigenvalue weighted by molar-refractivity contribution is 7.09. The van der Waals surface area contributed by atoms with Crippen LogP contribution in [0.3, 0.4) is 0 Å². The van der Waals surface area contributed by atoms with Gasteiger partial charge >= 0.3 is 6.09 Å². The largest absolute Gasteiger partial charge is 0.450 e. The Bertz CT molecular complexity index is 513. The van der Waals surface area contributed by atoms with Gasteiger partial charge in [0, 0.05) is 18.1 Å². The summed E-state index contributed by atoms with van der Waals surface area (Å²) in [6, 6.07) is -0.0354. The van der Waals surface area contributed by atoms with Crippen LogP contribution in [0, 0.1) is 12.8 Å². The normalized spacial score (nSPS) is 15.4. The minimum absolute atomic E-state index is 0.00753. The number of carbonyl (C=O) groups is 2. The lowest BCUT2D eigenvalue weighted by molar-refractivity contribution is -0.122. The van der Waals surface area contributed by atoms with Gasteiger partial charge in [-0.3, -0.25) is 4.79 Å². The molecule has 0 radical (unpaired) electrons. The highest BCUT2D eigenvalue weighted by Crippen LogP contribution is 2.41. The third-order valence-corrected chi connectivity index (χ3v) is 4.32. The summed E-state index contributed by atoms with van der Waals surface area (Å²) in [4.78, 5) is 29.3. The van der Waals surface area contributed by atoms with Gasteiger partial charge in [0.25, 0.3) is 0 Å². The molecule has 1 fully saturated rings. The molecular formula is C14H21N3O3S. The predicted octanol–water partition coefficient (Wildman–Crippen LogP) is 2.11. The molecule has 0 bridgehead atoms. The summed E-state index contributed by atoms with van der Waals surface area (Å²) in [6.07, 6.45) is 1.73. The van der Waals surface area contributed by atoms with Gasteiger partial charge in [0.2, 0.25) is 5.91 Å². The van der Waals surface area contributed by atoms with Crippen molar-refractivity contribution in [2.75, 3.05) is 20.2 Å². The molecule has 0 aromatic carbocycles. The Morgan fingerprint density at radius 1 is 1.57 bits per heavy atom. The second-order valence-electron chi connectivity index (χ2n) is 5.26. The number of likely N-dealkylation sites (N-methyl/N-ethyl adjacent to an activating group) is 1. The van der Waals surface area contributed by atoms with Gasteiger partial charge in [0.15, 0.2) is 0 Å². The first-order valence-electron chi connectivity index (χ1n) is 7.10. The van der Waals surface area contributed by atoms with Crippen molar-refractivity contribution in [2.45, 2.75) is 32.7 Å². The monoisotopic (exact) mass is 311 g/mol. The molecule has 1 heterocycles. The standard InChI is InChI=1S/C14H21N3O3S/c1-4-20-14(19)17(3)7-11(18)16-12(10-5-6-10)13-15-9(2)8-21-13/h8,10,12H,4-7H2,1-3H3,(H,16,18)/t12-/m1/s1. The molecule has 1 saturated carbocycles. The van der Waals surface area contributed by atoms with Gasteiger partial charge in [-0.1, -0.05) is 0 Å². The van der Waals surface area contributed by atoms with Gasteiger partial charge in [-0.2, -0.15) is 0 Å². The number of aryl methyl sites for hydroxylation is 1. The van der Waals surface area contributed by atoms with Gasteiger partial charge in [-0.05, 0) is 32.6 Å². The lowest BCUT2D eigenvalue weighted by Gasteiger charge is -2.19. The van der Waals surface area contributed by atoms with Crippen LogP contribution in [0.25, 0.3) is 0 Å². The molecule has 1 N–H and O–H groups in total. The van der Waals surface area contributed by atoms with Crippen LogP contribution >= 0.6 is 11.3 Å². The van der Waals surface area contributed by atoms with E-state index in [2.05, 4.69) is 10.3 Å². The average Bonchev–Trinajstić information content (AvgIpc) is 3.18. The maximum Gasteiger partial charge on any atom is 0.409 e. The van der Waals surface area contributed by atoms with Crippen LogP contribution in [0.2, 0.25) is 0 Å². The summed E-state index contributed by atoms with van der Waals surface area (Å²) < 4.78 is 4.85. The summed E-state index contributed by atoms with van der Waals surface area (Å²) >= 11 is 1.57. The Balaban J connectivity index is 1.91. The molecule has 0 saturated heterocycles. The Labute approximate surface area is 128 Å². The maximum atomic E-state index is 12.1. The Kier molecular flexibility index (Phi) is 5.17. The highest BCUT2D eigenvalue weighted by atomic mass is 32.1. The average molecular weight is 311 g/mol. The van der Waals surface area contributed by atoms with Crippen molar-refractivity contribution in [1.82, 2.24) is 15.2 Å². The number of ether oxygens (including phenoxy) is 1. The van der Waals surface area contributed by atoms with Crippen molar-refractivity contribution in [3.05, 3.63) is 16.1 Å². The summed E-state index contributed by atoms with van der Waals surface area (Å²) in [5, 5.41) is 5.93. The number of hydrogen-bond acceptors (Lipinski definition) is 5. The molecule has 1 aromatic heterocycles. The number of nitrogens with zero attached hydrogens (tertiary/aromatic N) is 2. The fourth-order valence-electron chi connectivity index (χ4n) is 2.06. The molecule has 0 unspecified atom stereocenters. The number of hydrogen-bond donors (Lipinski definition) is 1. The van der Waals surface area contributed by atoms with E-state index in [9.17, 15) is 9.59 Å². The molecule has 0 aliphatic heterocycles. The van der Waals surface area contributed by atoms with Gasteiger partial charge in [-0.25, -0.2) is 9.78 Å². The number of aromatic nitrogens is 1. The Morgan fingerprint density at radius 3 is 2.81 bits per heavy atom. The Hall–Kier alpha value is -1.63. The molecule has 1 aromatic rings. The van der Waals surface area contributed by atoms with E-state index in [0.29, 0.717) is 12.5 Å². The van der Waals surface area contributed by atoms with E-state index in [1.54, 1.807) is 25.3 Å². The van der Waals surface area contributed by atoms with E-state index in [4.69, 9.17) is 4.74 Å². The summed E-state index contributed by atoms with van der Waals surface area (Å²) in [5.74, 6) is 0.280. The summed E-state index contributed by atoms with van der Waals surface area (Å²) in [7, 11) is 1.55. The zero-order chi connectivity index (χ0) is 15.4. The minimum atomic E-state index is -0.485. The van der Waals surface area contributed by atoms with E-state index in [1.807, 2.05) is 12.3 Å². The van der Waals surface area contributed by atoms with Crippen LogP contribution in [0.4, 0.5) is 4.79 Å². The van der Waals surface area contributed by atoms with Crippen molar-refractivity contribution in [3.8, 4) is 0 Å². The predicted molar refractivity (Wildman–Crippen MR) is 80.1 cm³/mol. The van der Waals surface area contributed by atoms with Crippen molar-refractivity contribution < 1.29 is 14.3 Å². The quantitative estimate of drug-likeness (QED) is 0.873. The van der Waals surface area contributed by atoms with E-state index in [-0.39, 0.29) is 18.5 Å². The topological polar surface area (TPSA) is 71.5 Å². The van der Waals surface area contributed by atoms with Crippen molar-refractivity contribution >= 4 is 23.3 Å². The first kappa shape index (κ1) is 15.8. The van der Waals surface area contributed by atoms with E-state index in [1.165, 1.54) is 4.90 Å². The first-order chi connectivity index (χ1) is 10.0. The number of thiazole rings is 1. The van der Waals surface area contributed by atoms with E-state index in [0.717, 1.165) is 23.5 Å². The zero-order valence-electron chi connectivity index (χ0n) is 12.6. The minimum Gasteiger partial charge on any atom is -0.450 e. The van der Waals surface area contributed by atoms with Gasteiger partial charge < -0.3 is 15.0 Å². The second kappa shape index (κ2) is 6.89. The molecule has 7 heteroatoms. The number of carbonyl (C=O) groups excluding carboxylic acids is 2. The second-order valence-corrected chi connectivity index (χ2v) is 6.15. The number of nitrogens with one attached hydrogen (secondary N) is 1. The third-order valence-electron chi connectivity index (χ3n) is 3.27. The first-order valence-corrected chi connectivity index (χ1v) is 7.98. The molecule has 2 amide bonds. The van der Waals surface area contributed by atoms with E-state index < -0.39 is 6.09 Å². The summed E-state index contributed by atoms with van der Waals surface area (Å²) in [5.41, 5.74) is 0.971. The Morgan fingerprint density at radius 2 is 2.29 bits per heavy atom. The molecule has 1 atom stereocenters. The van der Waals surface area contributed by atoms with Gasteiger partial charge in [0.1, 0.15) is 11.6 Å². The maximum absolute atomic E-state index is 12.1. The SMILES string of the molecule is CCOC(=O)N(C)CC(=O)N[C@@H](c1nc(C)cs1)C1CC1. The fraction of sp³-hybridized carbons (Fsp3) is 0.643. The van der Waals surface area contributed by atoms with Crippen LogP contribution in [0.1, 0.15) is 36.5 Å². The smallest absolute Gasteiger partial charge is 0.409 e. The van der Waals surface area contributed by atoms with E-state index >= 15 is 0 Å². The molecule has 2 rings (SSSR count). The molecule has 1 aliphatic carbocycles. The van der Waals surface area contributed by atoms with Crippen molar-refractivity contribution in [3.63, 3.8) is 0 Å². The van der Waals surface area contributed by atoms with Crippen LogP contribution in [0.15, 0.2) is 5.38 Å². The molecule has 0 spiro atoms. The molecular weight excluding hydrogens is 290 g/mol. The van der Waals surface area contributed by atoms with Gasteiger partial charge in [-0.15, -0.1) is 11.3 Å². The van der Waals surface area contributed by atoms with Crippen LogP contribution in [-0.2, 0) is 9.53 Å².